The second-order valence-electron chi connectivity index (χ2n) is 4.33. The summed E-state index contributed by atoms with van der Waals surface area (Å²) in [6, 6.07) is 11.8. The summed E-state index contributed by atoms with van der Waals surface area (Å²) < 4.78 is 0. The molecule has 0 unspecified atom stereocenters. The van der Waals surface area contributed by atoms with Gasteiger partial charge in [0, 0.05) is 12.3 Å². The van der Waals surface area contributed by atoms with Gasteiger partial charge in [-0.3, -0.25) is 0 Å². The van der Waals surface area contributed by atoms with Gasteiger partial charge >= 0.3 is 0 Å². The van der Waals surface area contributed by atoms with Gasteiger partial charge in [-0.1, -0.05) is 37.3 Å². The van der Waals surface area contributed by atoms with Crippen molar-refractivity contribution in [3.05, 3.63) is 35.9 Å². The first-order chi connectivity index (χ1) is 6.90. The molecule has 1 aliphatic rings. The van der Waals surface area contributed by atoms with Gasteiger partial charge in [0.2, 0.25) is 0 Å². The molecule has 14 heavy (non-hydrogen) atoms. The lowest BCUT2D eigenvalue weighted by Crippen LogP contribution is -2.87. The minimum absolute atomic E-state index is 0.871. The SMILES string of the molecule is CC[C@@H]1[NH2+]CC[C@@H]1Cc1ccccc1. The summed E-state index contributed by atoms with van der Waals surface area (Å²) in [7, 11) is 0. The maximum Gasteiger partial charge on any atom is 0.0890 e. The molecule has 0 bridgehead atoms. The minimum Gasteiger partial charge on any atom is -0.344 e. The van der Waals surface area contributed by atoms with Gasteiger partial charge in [0.1, 0.15) is 0 Å². The van der Waals surface area contributed by atoms with E-state index < -0.39 is 0 Å². The highest BCUT2D eigenvalue weighted by Crippen LogP contribution is 2.18. The number of nitrogens with two attached hydrogens (primary N) is 1. The summed E-state index contributed by atoms with van der Waals surface area (Å²) in [6.07, 6.45) is 3.99. The summed E-state index contributed by atoms with van der Waals surface area (Å²) in [5.74, 6) is 0.905. The molecule has 2 rings (SSSR count). The molecule has 1 aromatic rings. The molecule has 1 aliphatic heterocycles. The fourth-order valence-electron chi connectivity index (χ4n) is 2.60. The smallest absolute Gasteiger partial charge is 0.0890 e. The zero-order valence-corrected chi connectivity index (χ0v) is 8.95. The fraction of sp³-hybridized carbons (Fsp3) is 0.538. The molecular weight excluding hydrogens is 170 g/mol. The third-order valence-electron chi connectivity index (χ3n) is 3.42. The van der Waals surface area contributed by atoms with E-state index in [0.29, 0.717) is 0 Å². The molecule has 1 heterocycles. The fourth-order valence-corrected chi connectivity index (χ4v) is 2.60. The van der Waals surface area contributed by atoms with E-state index in [0.717, 1.165) is 12.0 Å². The molecule has 0 aromatic heterocycles. The highest BCUT2D eigenvalue weighted by molar-refractivity contribution is 5.15. The summed E-state index contributed by atoms with van der Waals surface area (Å²) in [5, 5.41) is 2.52. The molecular formula is C13H20N+. The molecule has 0 saturated carbocycles. The predicted molar refractivity (Wildman–Crippen MR) is 59.1 cm³/mol. The van der Waals surface area contributed by atoms with E-state index >= 15 is 0 Å². The van der Waals surface area contributed by atoms with Crippen molar-refractivity contribution in [3.63, 3.8) is 0 Å². The molecule has 0 aliphatic carbocycles. The maximum absolute atomic E-state index is 2.52. The van der Waals surface area contributed by atoms with Crippen molar-refractivity contribution in [3.8, 4) is 0 Å². The highest BCUT2D eigenvalue weighted by atomic mass is 14.9. The van der Waals surface area contributed by atoms with E-state index in [1.165, 1.54) is 31.4 Å². The van der Waals surface area contributed by atoms with Crippen LogP contribution < -0.4 is 5.32 Å². The normalized spacial score (nSPS) is 26.6. The van der Waals surface area contributed by atoms with E-state index in [2.05, 4.69) is 42.6 Å². The van der Waals surface area contributed by atoms with Crippen LogP contribution in [0.5, 0.6) is 0 Å². The molecule has 0 radical (unpaired) electrons. The first-order valence-electron chi connectivity index (χ1n) is 5.77. The molecule has 0 spiro atoms. The lowest BCUT2D eigenvalue weighted by molar-refractivity contribution is -0.673. The average Bonchev–Trinajstić information content (AvgIpc) is 2.67. The third kappa shape index (κ3) is 2.16. The Morgan fingerprint density at radius 2 is 2.07 bits per heavy atom. The molecule has 1 heteroatoms. The van der Waals surface area contributed by atoms with Crippen molar-refractivity contribution in [2.45, 2.75) is 32.2 Å². The summed E-state index contributed by atoms with van der Waals surface area (Å²) in [4.78, 5) is 0. The lowest BCUT2D eigenvalue weighted by atomic mass is 9.91. The Bertz CT molecular complexity index is 268. The van der Waals surface area contributed by atoms with Crippen LogP contribution in [0.25, 0.3) is 0 Å². The molecule has 1 saturated heterocycles. The number of quaternary nitrogens is 1. The first-order valence-corrected chi connectivity index (χ1v) is 5.77. The third-order valence-corrected chi connectivity index (χ3v) is 3.42. The van der Waals surface area contributed by atoms with Gasteiger partial charge < -0.3 is 5.32 Å². The predicted octanol–water partition coefficient (Wildman–Crippen LogP) is 1.59. The zero-order chi connectivity index (χ0) is 9.80. The van der Waals surface area contributed by atoms with Gasteiger partial charge in [-0.05, 0) is 18.4 Å². The Hall–Kier alpha value is -0.820. The van der Waals surface area contributed by atoms with Crippen molar-refractivity contribution in [2.75, 3.05) is 6.54 Å². The molecule has 76 valence electrons. The van der Waals surface area contributed by atoms with Crippen molar-refractivity contribution in [1.82, 2.24) is 0 Å². The Balaban J connectivity index is 1.97. The maximum atomic E-state index is 2.52. The number of rotatable bonds is 3. The van der Waals surface area contributed by atoms with Crippen LogP contribution in [0.1, 0.15) is 25.3 Å². The molecule has 1 fully saturated rings. The van der Waals surface area contributed by atoms with Crippen LogP contribution >= 0.6 is 0 Å². The van der Waals surface area contributed by atoms with Crippen LogP contribution in [0.15, 0.2) is 30.3 Å². The van der Waals surface area contributed by atoms with Crippen LogP contribution in [0.3, 0.4) is 0 Å². The zero-order valence-electron chi connectivity index (χ0n) is 8.95. The monoisotopic (exact) mass is 190 g/mol. The molecule has 0 amide bonds. The van der Waals surface area contributed by atoms with E-state index in [4.69, 9.17) is 0 Å². The van der Waals surface area contributed by atoms with E-state index in [9.17, 15) is 0 Å². The van der Waals surface area contributed by atoms with E-state index in [-0.39, 0.29) is 0 Å². The Morgan fingerprint density at radius 3 is 2.79 bits per heavy atom. The second-order valence-corrected chi connectivity index (χ2v) is 4.33. The number of hydrogen-bond acceptors (Lipinski definition) is 0. The quantitative estimate of drug-likeness (QED) is 0.745. The summed E-state index contributed by atoms with van der Waals surface area (Å²) in [6.45, 7) is 3.64. The van der Waals surface area contributed by atoms with Crippen molar-refractivity contribution in [1.29, 1.82) is 0 Å². The van der Waals surface area contributed by atoms with Crippen LogP contribution in [-0.2, 0) is 6.42 Å². The summed E-state index contributed by atoms with van der Waals surface area (Å²) >= 11 is 0. The van der Waals surface area contributed by atoms with Crippen LogP contribution in [-0.4, -0.2) is 12.6 Å². The minimum atomic E-state index is 0.871. The van der Waals surface area contributed by atoms with Gasteiger partial charge in [0.05, 0.1) is 12.6 Å². The molecule has 2 atom stereocenters. The van der Waals surface area contributed by atoms with Gasteiger partial charge in [-0.25, -0.2) is 0 Å². The van der Waals surface area contributed by atoms with Crippen molar-refractivity contribution < 1.29 is 5.32 Å². The second kappa shape index (κ2) is 4.61. The standard InChI is InChI=1S/C13H19N/c1-2-13-12(8-9-14-13)10-11-6-4-3-5-7-11/h3-7,12-14H,2,8-10H2,1H3/p+1/t12-,13+/m1/s1. The number of benzene rings is 1. The highest BCUT2D eigenvalue weighted by Gasteiger charge is 2.28. The van der Waals surface area contributed by atoms with Crippen molar-refractivity contribution in [2.24, 2.45) is 5.92 Å². The molecule has 1 nitrogen and oxygen atoms in total. The Morgan fingerprint density at radius 1 is 1.29 bits per heavy atom. The van der Waals surface area contributed by atoms with Gasteiger partial charge in [-0.15, -0.1) is 0 Å². The largest absolute Gasteiger partial charge is 0.344 e. The molecule has 1 aromatic carbocycles. The van der Waals surface area contributed by atoms with Crippen LogP contribution in [0, 0.1) is 5.92 Å². The van der Waals surface area contributed by atoms with Gasteiger partial charge in [-0.2, -0.15) is 0 Å². The van der Waals surface area contributed by atoms with Crippen molar-refractivity contribution >= 4 is 0 Å². The van der Waals surface area contributed by atoms with Crippen LogP contribution in [0.2, 0.25) is 0 Å². The van der Waals surface area contributed by atoms with E-state index in [1.807, 2.05) is 0 Å². The van der Waals surface area contributed by atoms with Gasteiger partial charge in [0.25, 0.3) is 0 Å². The Kier molecular flexibility index (Phi) is 3.20. The first kappa shape index (κ1) is 9.72. The Labute approximate surface area is 86.5 Å². The number of hydrogen-bond donors (Lipinski definition) is 1. The van der Waals surface area contributed by atoms with E-state index in [1.54, 1.807) is 0 Å². The topological polar surface area (TPSA) is 16.6 Å². The lowest BCUT2D eigenvalue weighted by Gasteiger charge is -2.14. The molecule has 2 N–H and O–H groups in total. The summed E-state index contributed by atoms with van der Waals surface area (Å²) in [5.41, 5.74) is 1.51. The van der Waals surface area contributed by atoms with Gasteiger partial charge in [0.15, 0.2) is 0 Å². The van der Waals surface area contributed by atoms with Crippen LogP contribution in [0.4, 0.5) is 0 Å². The average molecular weight is 190 g/mol.